The lowest BCUT2D eigenvalue weighted by Gasteiger charge is -2.41. The number of amides is 3. The lowest BCUT2D eigenvalue weighted by molar-refractivity contribution is -0.137. The van der Waals surface area contributed by atoms with Gasteiger partial charge in [0, 0.05) is 32.6 Å². The number of benzene rings is 2. The number of carbonyl (C=O) groups is 3. The Morgan fingerprint density at radius 3 is 2.31 bits per heavy atom. The minimum absolute atomic E-state index is 0.0385. The number of likely N-dealkylation sites (N-methyl/N-ethyl adjacent to an activating group) is 1. The van der Waals surface area contributed by atoms with Crippen molar-refractivity contribution in [2.45, 2.75) is 69.6 Å². The summed E-state index contributed by atoms with van der Waals surface area (Å²) in [6.45, 7) is 6.81. The van der Waals surface area contributed by atoms with Crippen molar-refractivity contribution in [2.75, 3.05) is 33.8 Å². The van der Waals surface area contributed by atoms with Gasteiger partial charge in [-0.15, -0.1) is 0 Å². The largest absolute Gasteiger partial charge is 0.444 e. The number of rotatable bonds is 7. The monoisotopic (exact) mass is 535 g/mol. The number of hydrogen-bond donors (Lipinski definition) is 1. The van der Waals surface area contributed by atoms with Gasteiger partial charge in [0.15, 0.2) is 0 Å². The summed E-state index contributed by atoms with van der Waals surface area (Å²) in [5.74, 6) is -0.225. The van der Waals surface area contributed by atoms with Crippen LogP contribution in [0.15, 0.2) is 54.6 Å². The number of ether oxygens (including phenoxy) is 2. The number of nitrogens with zero attached hydrogens (tertiary/aromatic N) is 2. The SMILES string of the molecule is CN(C)C(=O)C1CC2(CCN(C(=O)C(COCc3ccccc3)NC(=O)OC(C)(C)C)CC2)c2ccccc21. The fraction of sp³-hybridized carbons (Fsp3) is 0.516. The number of likely N-dealkylation sites (tertiary alicyclic amines) is 1. The molecule has 0 saturated carbocycles. The topological polar surface area (TPSA) is 88.2 Å². The maximum atomic E-state index is 13.7. The molecule has 8 heteroatoms. The standard InChI is InChI=1S/C31H41N3O5/c1-30(2,3)39-29(37)32-26(21-38-20-22-11-7-6-8-12-22)28(36)34-17-15-31(16-18-34)19-24(27(35)33(4)5)23-13-9-10-14-25(23)31/h6-14,24,26H,15-21H2,1-5H3,(H,32,37). The van der Waals surface area contributed by atoms with Gasteiger partial charge >= 0.3 is 6.09 Å². The molecule has 1 spiro atoms. The molecule has 210 valence electrons. The van der Waals surface area contributed by atoms with E-state index < -0.39 is 17.7 Å². The molecular formula is C31H41N3O5. The summed E-state index contributed by atoms with van der Waals surface area (Å²) >= 11 is 0. The molecule has 2 aliphatic rings. The summed E-state index contributed by atoms with van der Waals surface area (Å²) in [6.07, 6.45) is 1.63. The van der Waals surface area contributed by atoms with Crippen molar-refractivity contribution in [3.05, 3.63) is 71.3 Å². The molecule has 1 heterocycles. The zero-order chi connectivity index (χ0) is 28.2. The first kappa shape index (κ1) is 28.6. The molecule has 3 amide bonds. The Morgan fingerprint density at radius 2 is 1.67 bits per heavy atom. The van der Waals surface area contributed by atoms with Gasteiger partial charge in [-0.2, -0.15) is 0 Å². The third kappa shape index (κ3) is 6.79. The zero-order valence-corrected chi connectivity index (χ0v) is 23.7. The Morgan fingerprint density at radius 1 is 1.03 bits per heavy atom. The maximum Gasteiger partial charge on any atom is 0.408 e. The summed E-state index contributed by atoms with van der Waals surface area (Å²) in [7, 11) is 3.60. The minimum atomic E-state index is -0.864. The molecule has 0 radical (unpaired) electrons. The molecule has 1 fully saturated rings. The van der Waals surface area contributed by atoms with Crippen molar-refractivity contribution in [1.82, 2.24) is 15.1 Å². The van der Waals surface area contributed by atoms with Gasteiger partial charge < -0.3 is 24.6 Å². The van der Waals surface area contributed by atoms with Crippen molar-refractivity contribution in [2.24, 2.45) is 0 Å². The number of alkyl carbamates (subject to hydrolysis) is 1. The highest BCUT2D eigenvalue weighted by atomic mass is 16.6. The third-order valence-corrected chi connectivity index (χ3v) is 7.66. The molecule has 1 saturated heterocycles. The van der Waals surface area contributed by atoms with Crippen LogP contribution < -0.4 is 5.32 Å². The Balaban J connectivity index is 1.44. The van der Waals surface area contributed by atoms with Gasteiger partial charge in [0.05, 0.1) is 19.1 Å². The van der Waals surface area contributed by atoms with Gasteiger partial charge in [-0.25, -0.2) is 4.79 Å². The maximum absolute atomic E-state index is 13.7. The molecule has 1 aliphatic heterocycles. The minimum Gasteiger partial charge on any atom is -0.444 e. The van der Waals surface area contributed by atoms with Crippen molar-refractivity contribution in [3.63, 3.8) is 0 Å². The normalized spacial score (nSPS) is 18.8. The quantitative estimate of drug-likeness (QED) is 0.573. The summed E-state index contributed by atoms with van der Waals surface area (Å²) in [5.41, 5.74) is 2.50. The van der Waals surface area contributed by atoms with Crippen LogP contribution in [0.5, 0.6) is 0 Å². The molecule has 0 bridgehead atoms. The highest BCUT2D eigenvalue weighted by Crippen LogP contribution is 2.52. The first-order chi connectivity index (χ1) is 18.5. The van der Waals surface area contributed by atoms with Crippen LogP contribution in [0.1, 0.15) is 62.6 Å². The van der Waals surface area contributed by atoms with Crippen molar-refractivity contribution in [3.8, 4) is 0 Å². The van der Waals surface area contributed by atoms with E-state index in [1.54, 1.807) is 39.8 Å². The Bertz CT molecular complexity index is 1170. The molecule has 8 nitrogen and oxygen atoms in total. The van der Waals surface area contributed by atoms with Crippen LogP contribution in [-0.4, -0.2) is 73.1 Å². The van der Waals surface area contributed by atoms with Crippen LogP contribution in [0, 0.1) is 0 Å². The van der Waals surface area contributed by atoms with Crippen LogP contribution in [0.25, 0.3) is 0 Å². The molecular weight excluding hydrogens is 494 g/mol. The van der Waals surface area contributed by atoms with E-state index in [0.29, 0.717) is 19.7 Å². The van der Waals surface area contributed by atoms with Gasteiger partial charge in [0.1, 0.15) is 11.6 Å². The molecule has 39 heavy (non-hydrogen) atoms. The number of fused-ring (bicyclic) bond motifs is 2. The molecule has 2 unspecified atom stereocenters. The average Bonchev–Trinajstić information content (AvgIpc) is 3.21. The molecule has 4 rings (SSSR count). The van der Waals surface area contributed by atoms with Crippen LogP contribution in [0.4, 0.5) is 4.79 Å². The van der Waals surface area contributed by atoms with Crippen molar-refractivity contribution >= 4 is 17.9 Å². The molecule has 2 aromatic rings. The fourth-order valence-corrected chi connectivity index (χ4v) is 5.77. The number of carbonyl (C=O) groups excluding carboxylic acids is 3. The van der Waals surface area contributed by atoms with Crippen molar-refractivity contribution in [1.29, 1.82) is 0 Å². The molecule has 1 N–H and O–H groups in total. The first-order valence-electron chi connectivity index (χ1n) is 13.7. The predicted molar refractivity (Wildman–Crippen MR) is 149 cm³/mol. The van der Waals surface area contributed by atoms with E-state index in [9.17, 15) is 14.4 Å². The average molecular weight is 536 g/mol. The fourth-order valence-electron chi connectivity index (χ4n) is 5.77. The Hall–Kier alpha value is -3.39. The summed E-state index contributed by atoms with van der Waals surface area (Å²) < 4.78 is 11.3. The molecule has 2 atom stereocenters. The summed E-state index contributed by atoms with van der Waals surface area (Å²) in [5, 5.41) is 2.74. The second-order valence-corrected chi connectivity index (χ2v) is 11.9. The van der Waals surface area contributed by atoms with Crippen LogP contribution in [-0.2, 0) is 31.1 Å². The Kier molecular flexibility index (Phi) is 8.64. The molecule has 0 aromatic heterocycles. The third-order valence-electron chi connectivity index (χ3n) is 7.66. The summed E-state index contributed by atoms with van der Waals surface area (Å²) in [4.78, 5) is 42.7. The van der Waals surface area contributed by atoms with E-state index in [4.69, 9.17) is 9.47 Å². The van der Waals surface area contributed by atoms with E-state index in [1.165, 1.54) is 5.56 Å². The van der Waals surface area contributed by atoms with Gasteiger partial charge in [-0.3, -0.25) is 9.59 Å². The lowest BCUT2D eigenvalue weighted by Crippen LogP contribution is -2.54. The first-order valence-corrected chi connectivity index (χ1v) is 13.7. The number of nitrogens with one attached hydrogen (secondary N) is 1. The van der Waals surface area contributed by atoms with E-state index in [-0.39, 0.29) is 29.8 Å². The highest BCUT2D eigenvalue weighted by Gasteiger charge is 2.48. The second kappa shape index (κ2) is 11.8. The predicted octanol–water partition coefficient (Wildman–Crippen LogP) is 4.23. The zero-order valence-electron chi connectivity index (χ0n) is 23.7. The van der Waals surface area contributed by atoms with Gasteiger partial charge in [-0.1, -0.05) is 54.6 Å². The van der Waals surface area contributed by atoms with Crippen LogP contribution in [0.3, 0.4) is 0 Å². The van der Waals surface area contributed by atoms with Gasteiger partial charge in [0.25, 0.3) is 0 Å². The van der Waals surface area contributed by atoms with Crippen LogP contribution >= 0.6 is 0 Å². The second-order valence-electron chi connectivity index (χ2n) is 11.9. The highest BCUT2D eigenvalue weighted by molar-refractivity contribution is 5.87. The number of piperidine rings is 1. The molecule has 1 aliphatic carbocycles. The smallest absolute Gasteiger partial charge is 0.408 e. The van der Waals surface area contributed by atoms with E-state index in [2.05, 4.69) is 17.4 Å². The summed E-state index contributed by atoms with van der Waals surface area (Å²) in [6, 6.07) is 17.1. The van der Waals surface area contributed by atoms with E-state index in [0.717, 1.165) is 30.4 Å². The van der Waals surface area contributed by atoms with Crippen molar-refractivity contribution < 1.29 is 23.9 Å². The lowest BCUT2D eigenvalue weighted by atomic mass is 9.73. The molecule has 2 aromatic carbocycles. The van der Waals surface area contributed by atoms with E-state index in [1.807, 2.05) is 47.4 Å². The van der Waals surface area contributed by atoms with Gasteiger partial charge in [-0.05, 0) is 56.7 Å². The van der Waals surface area contributed by atoms with E-state index >= 15 is 0 Å². The van der Waals surface area contributed by atoms with Gasteiger partial charge in [0.2, 0.25) is 11.8 Å². The Labute approximate surface area is 231 Å². The number of hydrogen-bond acceptors (Lipinski definition) is 5. The van der Waals surface area contributed by atoms with Crippen LogP contribution in [0.2, 0.25) is 0 Å².